The van der Waals surface area contributed by atoms with Crippen molar-refractivity contribution in [2.24, 2.45) is 5.92 Å². The number of carbonyl (C=O) groups excluding carboxylic acids is 2. The third kappa shape index (κ3) is 10.8. The Morgan fingerprint density at radius 1 is 0.882 bits per heavy atom. The number of nitrogens with one attached hydrogen (secondary N) is 2. The minimum absolute atomic E-state index is 0.0926. The van der Waals surface area contributed by atoms with Crippen LogP contribution < -0.4 is 15.4 Å². The number of fused-ring (bicyclic) bond motifs is 1. The average Bonchev–Trinajstić information content (AvgIpc) is 3.47. The van der Waals surface area contributed by atoms with Crippen molar-refractivity contribution in [2.45, 2.75) is 88.2 Å². The van der Waals surface area contributed by atoms with Crippen LogP contribution in [0.25, 0.3) is 0 Å². The first-order valence-corrected chi connectivity index (χ1v) is 18.7. The smallest absolute Gasteiger partial charge is 0.407 e. The molecule has 0 aromatic heterocycles. The summed E-state index contributed by atoms with van der Waals surface area (Å²) in [7, 11) is 0. The van der Waals surface area contributed by atoms with E-state index in [2.05, 4.69) is 15.5 Å². The molecule has 1 saturated heterocycles. The van der Waals surface area contributed by atoms with Gasteiger partial charge in [0.25, 0.3) is 0 Å². The van der Waals surface area contributed by atoms with Gasteiger partial charge in [-0.2, -0.15) is 0 Å². The minimum atomic E-state index is -1.05. The van der Waals surface area contributed by atoms with Gasteiger partial charge in [-0.05, 0) is 79.3 Å². The quantitative estimate of drug-likeness (QED) is 0.179. The first kappa shape index (κ1) is 36.8. The molecular weight excluding hydrogens is 646 g/mol. The first-order chi connectivity index (χ1) is 24.9. The molecule has 1 aliphatic heterocycles. The molecule has 10 heteroatoms. The van der Waals surface area contributed by atoms with Gasteiger partial charge in [0.1, 0.15) is 18.5 Å². The predicted octanol–water partition coefficient (Wildman–Crippen LogP) is 4.75. The number of hydrogen-bond donors (Lipinski definition) is 4. The van der Waals surface area contributed by atoms with Gasteiger partial charge in [0.05, 0.1) is 37.5 Å². The van der Waals surface area contributed by atoms with E-state index in [1.54, 1.807) is 0 Å². The van der Waals surface area contributed by atoms with Gasteiger partial charge < -0.3 is 35.1 Å². The molecule has 0 radical (unpaired) electrons. The van der Waals surface area contributed by atoms with E-state index in [1.165, 1.54) is 0 Å². The summed E-state index contributed by atoms with van der Waals surface area (Å²) in [6.07, 6.45) is 3.72. The molecule has 51 heavy (non-hydrogen) atoms. The van der Waals surface area contributed by atoms with Crippen LogP contribution in [0.15, 0.2) is 78.9 Å². The highest BCUT2D eigenvalue weighted by molar-refractivity contribution is 5.80. The molecular formula is C41H53N3O7. The third-order valence-electron chi connectivity index (χ3n) is 10.5. The SMILES string of the molecule is O=C(N[C@@H](Cc1ccccc1)[C@@H](O)C[C@@H](Cc1ccc(OCCN2CCOCC2)cc1)C(=O)N[C@H]1c2ccccc2C[C@H]1O)OC1CCCCC1. The van der Waals surface area contributed by atoms with Crippen molar-refractivity contribution in [2.75, 3.05) is 39.5 Å². The predicted molar refractivity (Wildman–Crippen MR) is 194 cm³/mol. The Morgan fingerprint density at radius 3 is 2.35 bits per heavy atom. The highest BCUT2D eigenvalue weighted by Gasteiger charge is 2.35. The summed E-state index contributed by atoms with van der Waals surface area (Å²) in [5.74, 6) is -0.159. The second-order valence-electron chi connectivity index (χ2n) is 14.2. The maximum absolute atomic E-state index is 14.1. The lowest BCUT2D eigenvalue weighted by Crippen LogP contribution is -2.48. The zero-order valence-electron chi connectivity index (χ0n) is 29.5. The van der Waals surface area contributed by atoms with Gasteiger partial charge in [0.2, 0.25) is 5.91 Å². The fraction of sp³-hybridized carbons (Fsp3) is 0.512. The molecule has 4 N–H and O–H groups in total. The molecule has 0 unspecified atom stereocenters. The summed E-state index contributed by atoms with van der Waals surface area (Å²) in [5.41, 5.74) is 3.79. The molecule has 5 atom stereocenters. The summed E-state index contributed by atoms with van der Waals surface area (Å²) in [4.78, 5) is 29.6. The molecule has 274 valence electrons. The molecule has 1 heterocycles. The van der Waals surface area contributed by atoms with E-state index in [9.17, 15) is 19.8 Å². The van der Waals surface area contributed by atoms with Crippen molar-refractivity contribution in [1.29, 1.82) is 0 Å². The van der Waals surface area contributed by atoms with Gasteiger partial charge in [-0.3, -0.25) is 9.69 Å². The number of hydrogen-bond acceptors (Lipinski definition) is 8. The molecule has 3 aromatic rings. The average molecular weight is 700 g/mol. The molecule has 6 rings (SSSR count). The number of rotatable bonds is 15. The molecule has 0 spiro atoms. The van der Waals surface area contributed by atoms with Crippen molar-refractivity contribution >= 4 is 12.0 Å². The van der Waals surface area contributed by atoms with E-state index in [0.29, 0.717) is 25.9 Å². The van der Waals surface area contributed by atoms with Gasteiger partial charge in [0, 0.05) is 32.0 Å². The molecule has 0 bridgehead atoms. The highest BCUT2D eigenvalue weighted by atomic mass is 16.6. The lowest BCUT2D eigenvalue weighted by molar-refractivity contribution is -0.127. The van der Waals surface area contributed by atoms with Crippen molar-refractivity contribution in [1.82, 2.24) is 15.5 Å². The second kappa shape index (κ2) is 18.5. The summed E-state index contributed by atoms with van der Waals surface area (Å²) in [5, 5.41) is 28.8. The Morgan fingerprint density at radius 2 is 1.59 bits per heavy atom. The van der Waals surface area contributed by atoms with Crippen LogP contribution in [0, 0.1) is 5.92 Å². The number of carbonyl (C=O) groups is 2. The zero-order valence-corrected chi connectivity index (χ0v) is 29.5. The van der Waals surface area contributed by atoms with E-state index in [4.69, 9.17) is 14.2 Å². The minimum Gasteiger partial charge on any atom is -0.492 e. The zero-order chi connectivity index (χ0) is 35.4. The number of morpholine rings is 1. The largest absolute Gasteiger partial charge is 0.492 e. The summed E-state index contributed by atoms with van der Waals surface area (Å²) >= 11 is 0. The molecule has 2 fully saturated rings. The molecule has 2 aliphatic carbocycles. The highest BCUT2D eigenvalue weighted by Crippen LogP contribution is 2.32. The van der Waals surface area contributed by atoms with Crippen LogP contribution in [-0.2, 0) is 33.5 Å². The normalized spacial score (nSPS) is 21.2. The van der Waals surface area contributed by atoms with Gasteiger partial charge in [-0.1, -0.05) is 73.2 Å². The monoisotopic (exact) mass is 699 g/mol. The molecule has 3 aliphatic rings. The summed E-state index contributed by atoms with van der Waals surface area (Å²) < 4.78 is 17.2. The number of amides is 2. The van der Waals surface area contributed by atoms with Gasteiger partial charge in [-0.25, -0.2) is 4.79 Å². The fourth-order valence-corrected chi connectivity index (χ4v) is 7.55. The van der Waals surface area contributed by atoms with Crippen molar-refractivity contribution < 1.29 is 34.0 Å². The van der Waals surface area contributed by atoms with Crippen molar-refractivity contribution in [3.8, 4) is 5.75 Å². The van der Waals surface area contributed by atoms with Gasteiger partial charge in [-0.15, -0.1) is 0 Å². The molecule has 2 amide bonds. The summed E-state index contributed by atoms with van der Waals surface area (Å²) in [6, 6.07) is 24.0. The standard InChI is InChI=1S/C41H53N3O7/c45-37(36(26-29-9-3-1-4-10-29)42-41(48)51-34-12-5-2-6-13-34)28-32(40(47)43-39-35-14-8-7-11-31(35)27-38(39)46)25-30-15-17-33(18-16-30)50-24-21-44-19-22-49-23-20-44/h1,3-4,7-11,14-18,32,34,36-39,45-46H,2,5-6,12-13,19-28H2,(H,42,48)(H,43,47)/t32-,36+,37+,38-,39+/m1/s1. The van der Waals surface area contributed by atoms with Crippen LogP contribution in [0.2, 0.25) is 0 Å². The number of ether oxygens (including phenoxy) is 3. The summed E-state index contributed by atoms with van der Waals surface area (Å²) in [6.45, 7) is 4.71. The lowest BCUT2D eigenvalue weighted by Gasteiger charge is -2.29. The van der Waals surface area contributed by atoms with Gasteiger partial charge >= 0.3 is 6.09 Å². The molecule has 3 aromatic carbocycles. The van der Waals surface area contributed by atoms with E-state index < -0.39 is 36.3 Å². The Labute approximate surface area is 301 Å². The third-order valence-corrected chi connectivity index (χ3v) is 10.5. The number of alkyl carbamates (subject to hydrolysis) is 1. The number of nitrogens with zero attached hydrogens (tertiary/aromatic N) is 1. The van der Waals surface area contributed by atoms with E-state index in [-0.39, 0.29) is 18.4 Å². The lowest BCUT2D eigenvalue weighted by atomic mass is 9.88. The first-order valence-electron chi connectivity index (χ1n) is 18.7. The Balaban J connectivity index is 1.15. The van der Waals surface area contributed by atoms with E-state index in [0.717, 1.165) is 93.0 Å². The van der Waals surface area contributed by atoms with E-state index >= 15 is 0 Å². The van der Waals surface area contributed by atoms with Crippen molar-refractivity contribution in [3.63, 3.8) is 0 Å². The fourth-order valence-electron chi connectivity index (χ4n) is 7.55. The van der Waals surface area contributed by atoms with Crippen LogP contribution >= 0.6 is 0 Å². The molecule has 1 saturated carbocycles. The van der Waals surface area contributed by atoms with Crippen LogP contribution in [0.5, 0.6) is 5.75 Å². The van der Waals surface area contributed by atoms with Crippen LogP contribution in [0.1, 0.15) is 66.8 Å². The van der Waals surface area contributed by atoms with Crippen LogP contribution in [0.3, 0.4) is 0 Å². The second-order valence-corrected chi connectivity index (χ2v) is 14.2. The Bertz CT molecular complexity index is 1530. The molecule has 10 nitrogen and oxygen atoms in total. The van der Waals surface area contributed by atoms with Crippen molar-refractivity contribution in [3.05, 3.63) is 101 Å². The Kier molecular flexibility index (Phi) is 13.4. The number of aliphatic hydroxyl groups excluding tert-OH is 2. The number of benzene rings is 3. The maximum Gasteiger partial charge on any atom is 0.407 e. The van der Waals surface area contributed by atoms with Gasteiger partial charge in [0.15, 0.2) is 0 Å². The number of aliphatic hydroxyl groups is 2. The van der Waals surface area contributed by atoms with E-state index in [1.807, 2.05) is 78.9 Å². The Hall–Kier alpha value is -3.96. The van der Waals surface area contributed by atoms with Crippen LogP contribution in [-0.4, -0.2) is 90.9 Å². The topological polar surface area (TPSA) is 130 Å². The van der Waals surface area contributed by atoms with Crippen LogP contribution in [0.4, 0.5) is 4.79 Å². The maximum atomic E-state index is 14.1.